The van der Waals surface area contributed by atoms with E-state index in [0.29, 0.717) is 18.3 Å². The van der Waals surface area contributed by atoms with Gasteiger partial charge in [0.2, 0.25) is 11.7 Å². The Morgan fingerprint density at radius 2 is 2.25 bits per heavy atom. The molecular formula is C15H15N3O2. The Labute approximate surface area is 115 Å². The van der Waals surface area contributed by atoms with Crippen LogP contribution in [0.15, 0.2) is 35.0 Å². The molecule has 1 fully saturated rings. The van der Waals surface area contributed by atoms with Gasteiger partial charge in [-0.1, -0.05) is 17.3 Å². The summed E-state index contributed by atoms with van der Waals surface area (Å²) in [4.78, 5) is 7.79. The highest BCUT2D eigenvalue weighted by molar-refractivity contribution is 5.93. The van der Waals surface area contributed by atoms with Crippen molar-refractivity contribution in [3.8, 4) is 11.4 Å². The van der Waals surface area contributed by atoms with E-state index >= 15 is 0 Å². The van der Waals surface area contributed by atoms with Crippen molar-refractivity contribution in [2.24, 2.45) is 0 Å². The van der Waals surface area contributed by atoms with E-state index in [0.717, 1.165) is 29.5 Å². The van der Waals surface area contributed by atoms with Crippen molar-refractivity contribution in [3.63, 3.8) is 0 Å². The van der Waals surface area contributed by atoms with Gasteiger partial charge in [-0.2, -0.15) is 4.98 Å². The third-order valence-electron chi connectivity index (χ3n) is 4.00. The maximum atomic E-state index is 5.48. The van der Waals surface area contributed by atoms with Crippen molar-refractivity contribution >= 4 is 10.9 Å². The molecule has 1 atom stereocenters. The molecule has 1 aromatic carbocycles. The zero-order valence-electron chi connectivity index (χ0n) is 11.2. The van der Waals surface area contributed by atoms with Crippen LogP contribution in [0.25, 0.3) is 22.3 Å². The summed E-state index contributed by atoms with van der Waals surface area (Å²) in [5.74, 6) is 1.30. The number of fused-ring (bicyclic) bond motifs is 1. The number of aromatic nitrogens is 3. The summed E-state index contributed by atoms with van der Waals surface area (Å²) >= 11 is 0. The molecule has 3 aromatic rings. The Balaban J connectivity index is 1.80. The number of nitrogens with one attached hydrogen (secondary N) is 1. The second-order valence-electron chi connectivity index (χ2n) is 5.53. The summed E-state index contributed by atoms with van der Waals surface area (Å²) in [5, 5.41) is 5.25. The van der Waals surface area contributed by atoms with Crippen LogP contribution >= 0.6 is 0 Å². The van der Waals surface area contributed by atoms with Gasteiger partial charge in [0.05, 0.1) is 12.0 Å². The molecule has 5 heteroatoms. The predicted molar refractivity (Wildman–Crippen MR) is 74.4 cm³/mol. The van der Waals surface area contributed by atoms with Crippen LogP contribution < -0.4 is 0 Å². The van der Waals surface area contributed by atoms with E-state index in [4.69, 9.17) is 9.26 Å². The summed E-state index contributed by atoms with van der Waals surface area (Å²) in [6.07, 6.45) is 2.84. The van der Waals surface area contributed by atoms with Crippen LogP contribution in [0, 0.1) is 0 Å². The van der Waals surface area contributed by atoms with Gasteiger partial charge in [0.15, 0.2) is 0 Å². The highest BCUT2D eigenvalue weighted by Crippen LogP contribution is 2.33. The molecule has 102 valence electrons. The normalized spacial score (nSPS) is 22.6. The van der Waals surface area contributed by atoms with Crippen molar-refractivity contribution in [2.45, 2.75) is 18.8 Å². The minimum atomic E-state index is -0.155. The first-order valence-corrected chi connectivity index (χ1v) is 6.75. The molecule has 4 rings (SSSR count). The van der Waals surface area contributed by atoms with Gasteiger partial charge < -0.3 is 14.2 Å². The van der Waals surface area contributed by atoms with E-state index in [2.05, 4.69) is 22.0 Å². The van der Waals surface area contributed by atoms with Gasteiger partial charge in [0.1, 0.15) is 0 Å². The van der Waals surface area contributed by atoms with Crippen LogP contribution in [0.1, 0.15) is 19.2 Å². The number of nitrogens with zero attached hydrogens (tertiary/aromatic N) is 2. The molecule has 5 nitrogen and oxygen atoms in total. The Kier molecular flexibility index (Phi) is 2.44. The largest absolute Gasteiger partial charge is 0.380 e. The lowest BCUT2D eigenvalue weighted by Gasteiger charge is -2.14. The summed E-state index contributed by atoms with van der Waals surface area (Å²) in [6.45, 7) is 3.50. The van der Waals surface area contributed by atoms with E-state index in [9.17, 15) is 0 Å². The molecule has 1 saturated heterocycles. The molecule has 0 aliphatic carbocycles. The minimum absolute atomic E-state index is 0.155. The van der Waals surface area contributed by atoms with E-state index < -0.39 is 0 Å². The maximum absolute atomic E-state index is 5.48. The zero-order chi connectivity index (χ0) is 13.6. The van der Waals surface area contributed by atoms with Gasteiger partial charge in [0.25, 0.3) is 0 Å². The van der Waals surface area contributed by atoms with Gasteiger partial charge >= 0.3 is 0 Å². The van der Waals surface area contributed by atoms with Crippen LogP contribution in [-0.2, 0) is 10.2 Å². The molecule has 1 aliphatic rings. The zero-order valence-corrected chi connectivity index (χ0v) is 11.2. The average Bonchev–Trinajstić information content (AvgIpc) is 3.18. The Morgan fingerprint density at radius 1 is 1.30 bits per heavy atom. The van der Waals surface area contributed by atoms with Crippen molar-refractivity contribution in [3.05, 3.63) is 36.4 Å². The van der Waals surface area contributed by atoms with Gasteiger partial charge in [-0.15, -0.1) is 0 Å². The first kappa shape index (κ1) is 11.7. The number of rotatable bonds is 2. The number of hydrogen-bond acceptors (Lipinski definition) is 4. The Morgan fingerprint density at radius 3 is 3.10 bits per heavy atom. The van der Waals surface area contributed by atoms with E-state index in [1.165, 1.54) is 0 Å². The number of benzene rings is 1. The Bertz CT molecular complexity index is 753. The molecular weight excluding hydrogens is 254 g/mol. The van der Waals surface area contributed by atoms with Crippen molar-refractivity contribution < 1.29 is 9.26 Å². The number of ether oxygens (including phenoxy) is 1. The quantitative estimate of drug-likeness (QED) is 0.777. The van der Waals surface area contributed by atoms with Crippen LogP contribution in [0.4, 0.5) is 0 Å². The smallest absolute Gasteiger partial charge is 0.235 e. The molecule has 0 saturated carbocycles. The summed E-state index contributed by atoms with van der Waals surface area (Å²) in [5.41, 5.74) is 1.91. The summed E-state index contributed by atoms with van der Waals surface area (Å²) in [6, 6.07) is 8.07. The molecule has 1 aliphatic heterocycles. The number of H-pyrrole nitrogens is 1. The van der Waals surface area contributed by atoms with E-state index in [1.54, 1.807) is 0 Å². The summed E-state index contributed by atoms with van der Waals surface area (Å²) < 4.78 is 10.9. The molecule has 20 heavy (non-hydrogen) atoms. The first-order valence-electron chi connectivity index (χ1n) is 6.75. The van der Waals surface area contributed by atoms with Crippen LogP contribution in [0.5, 0.6) is 0 Å². The fourth-order valence-corrected chi connectivity index (χ4v) is 2.69. The number of aromatic amines is 1. The first-order chi connectivity index (χ1) is 9.76. The van der Waals surface area contributed by atoms with Crippen LogP contribution in [0.2, 0.25) is 0 Å². The van der Waals surface area contributed by atoms with Gasteiger partial charge in [-0.3, -0.25) is 0 Å². The van der Waals surface area contributed by atoms with Gasteiger partial charge in [-0.05, 0) is 25.5 Å². The molecule has 1 N–H and O–H groups in total. The second kappa shape index (κ2) is 4.18. The highest BCUT2D eigenvalue weighted by Gasteiger charge is 2.37. The van der Waals surface area contributed by atoms with Crippen molar-refractivity contribution in [1.82, 2.24) is 15.1 Å². The predicted octanol–water partition coefficient (Wildman–Crippen LogP) is 2.90. The van der Waals surface area contributed by atoms with Crippen molar-refractivity contribution in [2.75, 3.05) is 13.2 Å². The minimum Gasteiger partial charge on any atom is -0.380 e. The topological polar surface area (TPSA) is 63.9 Å². The Hall–Kier alpha value is -2.14. The third kappa shape index (κ3) is 1.67. The second-order valence-corrected chi connectivity index (χ2v) is 5.53. The standard InChI is InChI=1S/C15H15N3O2/c1-15(6-8-19-9-15)14-17-13(18-20-14)11-3-2-4-12-10(11)5-7-16-12/h2-5,7,16H,6,8-9H2,1H3. The van der Waals surface area contributed by atoms with Gasteiger partial charge in [0, 0.05) is 29.3 Å². The lowest BCUT2D eigenvalue weighted by molar-refractivity contribution is 0.169. The molecule has 3 heterocycles. The average molecular weight is 269 g/mol. The lowest BCUT2D eigenvalue weighted by Crippen LogP contribution is -2.22. The fourth-order valence-electron chi connectivity index (χ4n) is 2.69. The lowest BCUT2D eigenvalue weighted by atomic mass is 9.90. The monoisotopic (exact) mass is 269 g/mol. The van der Waals surface area contributed by atoms with E-state index in [1.807, 2.05) is 30.5 Å². The SMILES string of the molecule is CC1(c2nc(-c3cccc4[nH]ccc34)no2)CCOC1. The molecule has 0 spiro atoms. The maximum Gasteiger partial charge on any atom is 0.235 e. The molecule has 0 amide bonds. The molecule has 0 radical (unpaired) electrons. The van der Waals surface area contributed by atoms with Crippen LogP contribution in [-0.4, -0.2) is 28.3 Å². The molecule has 1 unspecified atom stereocenters. The fraction of sp³-hybridized carbons (Fsp3) is 0.333. The summed E-state index contributed by atoms with van der Waals surface area (Å²) in [7, 11) is 0. The third-order valence-corrected chi connectivity index (χ3v) is 4.00. The highest BCUT2D eigenvalue weighted by atomic mass is 16.5. The molecule has 0 bridgehead atoms. The molecule has 2 aromatic heterocycles. The van der Waals surface area contributed by atoms with Crippen LogP contribution in [0.3, 0.4) is 0 Å². The van der Waals surface area contributed by atoms with Gasteiger partial charge in [-0.25, -0.2) is 0 Å². The number of hydrogen-bond donors (Lipinski definition) is 1. The van der Waals surface area contributed by atoms with Crippen molar-refractivity contribution in [1.29, 1.82) is 0 Å². The van der Waals surface area contributed by atoms with E-state index in [-0.39, 0.29) is 5.41 Å².